The van der Waals surface area contributed by atoms with Gasteiger partial charge in [0.25, 0.3) is 5.01 Å². The number of methoxy groups -OCH3 is 1. The average molecular weight is 639 g/mol. The monoisotopic (exact) mass is 638 g/mol. The molecule has 1 aliphatic heterocycles. The number of hydrogen-bond donors (Lipinski definition) is 0. The molecule has 2 aliphatic rings. The van der Waals surface area contributed by atoms with E-state index in [9.17, 15) is 9.90 Å². The quantitative estimate of drug-likeness (QED) is 0.160. The van der Waals surface area contributed by atoms with Crippen molar-refractivity contribution in [2.45, 2.75) is 48.9 Å². The van der Waals surface area contributed by atoms with Crippen LogP contribution in [0, 0.1) is 5.92 Å². The van der Waals surface area contributed by atoms with Crippen LogP contribution >= 0.6 is 46.5 Å². The van der Waals surface area contributed by atoms with Gasteiger partial charge in [-0.3, -0.25) is 0 Å². The van der Waals surface area contributed by atoms with E-state index in [0.717, 1.165) is 41.4 Å². The number of benzene rings is 2. The van der Waals surface area contributed by atoms with Crippen molar-refractivity contribution in [2.24, 2.45) is 5.92 Å². The molecule has 2 heterocycles. The Morgan fingerprint density at radius 1 is 1.26 bits per heavy atom. The van der Waals surface area contributed by atoms with E-state index in [1.807, 2.05) is 18.2 Å². The maximum absolute atomic E-state index is 11.3. The molecule has 2 aromatic carbocycles. The molecule has 0 spiro atoms. The van der Waals surface area contributed by atoms with Gasteiger partial charge in [0.05, 0.1) is 10.7 Å². The summed E-state index contributed by atoms with van der Waals surface area (Å²) in [4.78, 5) is 15.7. The van der Waals surface area contributed by atoms with Gasteiger partial charge in [-0.1, -0.05) is 66.3 Å². The standard InChI is InChI=1S/C33H35ClN2O3S3/c1-4-22-16-23(6-5-7-31-36(14-15-39-2)28-21-26(40-3)9-11-30(28)41-31)18-24(17-22)19-32-35(13-12-33(37)38)27-20-25(34)8-10-29(27)42-32/h5-11,18-22H,4,12-17H2,1-3H3. The van der Waals surface area contributed by atoms with Gasteiger partial charge < -0.3 is 19.5 Å². The number of rotatable bonds is 11. The van der Waals surface area contributed by atoms with E-state index < -0.39 is 5.97 Å². The summed E-state index contributed by atoms with van der Waals surface area (Å²) in [7, 11) is 1.75. The van der Waals surface area contributed by atoms with Crippen molar-refractivity contribution >= 4 is 74.4 Å². The molecule has 3 aromatic rings. The number of thiazole rings is 1. The SMILES string of the molecule is CCC1CC(/C=C2\Sc3ccc(Cl)cc3N2CCC(=O)[O-])=CC(=C/C=C/c2sc3ccc(SC)cc3[n+]2CCOC)/C1. The maximum Gasteiger partial charge on any atom is 0.262 e. The number of nitrogens with zero attached hydrogens (tertiary/aromatic N) is 2. The molecule has 9 heteroatoms. The molecule has 0 bridgehead atoms. The number of ether oxygens (including phenoxy) is 1. The highest BCUT2D eigenvalue weighted by Crippen LogP contribution is 2.48. The van der Waals surface area contributed by atoms with Gasteiger partial charge in [-0.2, -0.15) is 4.57 Å². The van der Waals surface area contributed by atoms with E-state index >= 15 is 0 Å². The fraction of sp³-hybridized carbons (Fsp3) is 0.333. The Bertz CT molecular complexity index is 1590. The third kappa shape index (κ3) is 7.34. The van der Waals surface area contributed by atoms with Crippen LogP contribution in [0.15, 0.2) is 86.7 Å². The molecule has 0 saturated heterocycles. The van der Waals surface area contributed by atoms with E-state index in [1.54, 1.807) is 42.0 Å². The highest BCUT2D eigenvalue weighted by Gasteiger charge is 2.26. The van der Waals surface area contributed by atoms with Crippen LogP contribution in [0.5, 0.6) is 0 Å². The van der Waals surface area contributed by atoms with Gasteiger partial charge in [-0.25, -0.2) is 0 Å². The fourth-order valence-corrected chi connectivity index (χ4v) is 8.20. The van der Waals surface area contributed by atoms with Crippen LogP contribution in [-0.4, -0.2) is 32.5 Å². The normalized spacial score (nSPS) is 18.9. The molecule has 1 aliphatic carbocycles. The van der Waals surface area contributed by atoms with Crippen molar-refractivity contribution in [3.05, 3.63) is 86.9 Å². The Morgan fingerprint density at radius 3 is 2.88 bits per heavy atom. The molecule has 1 unspecified atom stereocenters. The Morgan fingerprint density at radius 2 is 2.12 bits per heavy atom. The molecular formula is C33H35ClN2O3S3. The number of thioether (sulfide) groups is 2. The predicted molar refractivity (Wildman–Crippen MR) is 176 cm³/mol. The summed E-state index contributed by atoms with van der Waals surface area (Å²) >= 11 is 11.5. The van der Waals surface area contributed by atoms with Gasteiger partial charge in [-0.15, -0.1) is 11.8 Å². The largest absolute Gasteiger partial charge is 0.550 e. The number of carboxylic acid groups (broad SMARTS) is 1. The summed E-state index contributed by atoms with van der Waals surface area (Å²) in [5.74, 6) is -0.496. The average Bonchev–Trinajstić information content (AvgIpc) is 3.50. The zero-order valence-electron chi connectivity index (χ0n) is 24.1. The lowest BCUT2D eigenvalue weighted by atomic mass is 9.84. The molecule has 1 aromatic heterocycles. The number of halogens is 1. The second-order valence-electron chi connectivity index (χ2n) is 10.4. The highest BCUT2D eigenvalue weighted by molar-refractivity contribution is 8.03. The minimum absolute atomic E-state index is 0.0445. The van der Waals surface area contributed by atoms with E-state index in [2.05, 4.69) is 71.2 Å². The van der Waals surface area contributed by atoms with Gasteiger partial charge in [0, 0.05) is 53.0 Å². The second kappa shape index (κ2) is 14.3. The van der Waals surface area contributed by atoms with Gasteiger partial charge >= 0.3 is 0 Å². The Balaban J connectivity index is 1.43. The number of allylic oxidation sites excluding steroid dienone is 6. The zero-order chi connectivity index (χ0) is 29.6. The predicted octanol–water partition coefficient (Wildman–Crippen LogP) is 7.49. The van der Waals surface area contributed by atoms with E-state index in [-0.39, 0.29) is 6.42 Å². The molecule has 5 nitrogen and oxygen atoms in total. The van der Waals surface area contributed by atoms with Crippen molar-refractivity contribution in [1.29, 1.82) is 0 Å². The van der Waals surface area contributed by atoms with E-state index in [0.29, 0.717) is 24.1 Å². The molecule has 0 radical (unpaired) electrons. The number of anilines is 1. The number of aliphatic carboxylic acids is 1. The summed E-state index contributed by atoms with van der Waals surface area (Å²) in [5, 5.41) is 14.2. The van der Waals surface area contributed by atoms with Crippen LogP contribution in [0.2, 0.25) is 5.02 Å². The number of fused-ring (bicyclic) bond motifs is 2. The molecule has 1 atom stereocenters. The van der Waals surface area contributed by atoms with Gasteiger partial charge in [-0.05, 0) is 72.6 Å². The van der Waals surface area contributed by atoms with Crippen molar-refractivity contribution < 1.29 is 19.2 Å². The zero-order valence-corrected chi connectivity index (χ0v) is 27.3. The van der Waals surface area contributed by atoms with Crippen LogP contribution in [0.1, 0.15) is 37.6 Å². The lowest BCUT2D eigenvalue weighted by Gasteiger charge is -2.24. The van der Waals surface area contributed by atoms with Crippen molar-refractivity contribution in [1.82, 2.24) is 0 Å². The molecule has 42 heavy (non-hydrogen) atoms. The summed E-state index contributed by atoms with van der Waals surface area (Å²) < 4.78 is 9.03. The second-order valence-corrected chi connectivity index (χ2v) is 13.8. The first-order valence-corrected chi connectivity index (χ1v) is 17.4. The van der Waals surface area contributed by atoms with Crippen molar-refractivity contribution in [3.8, 4) is 0 Å². The minimum atomic E-state index is -1.05. The van der Waals surface area contributed by atoms with Crippen molar-refractivity contribution in [2.75, 3.05) is 31.4 Å². The number of carboxylic acids is 1. The Kier molecular flexibility index (Phi) is 10.6. The number of carbonyl (C=O) groups is 1. The summed E-state index contributed by atoms with van der Waals surface area (Å²) in [6, 6.07) is 12.5. The van der Waals surface area contributed by atoms with Crippen LogP contribution in [0.25, 0.3) is 16.3 Å². The smallest absolute Gasteiger partial charge is 0.262 e. The third-order valence-electron chi connectivity index (χ3n) is 7.54. The summed E-state index contributed by atoms with van der Waals surface area (Å²) in [5.41, 5.74) is 4.76. The lowest BCUT2D eigenvalue weighted by Crippen LogP contribution is -2.37. The number of carbonyl (C=O) groups excluding carboxylic acids is 1. The van der Waals surface area contributed by atoms with E-state index in [1.165, 1.54) is 31.3 Å². The van der Waals surface area contributed by atoms with Crippen LogP contribution in [0.3, 0.4) is 0 Å². The Labute approximate surface area is 265 Å². The molecular weight excluding hydrogens is 604 g/mol. The lowest BCUT2D eigenvalue weighted by molar-refractivity contribution is -0.670. The van der Waals surface area contributed by atoms with Gasteiger partial charge in [0.2, 0.25) is 5.52 Å². The number of aromatic nitrogens is 1. The third-order valence-corrected chi connectivity index (χ3v) is 10.7. The van der Waals surface area contributed by atoms with Gasteiger partial charge in [0.1, 0.15) is 11.3 Å². The topological polar surface area (TPSA) is 56.5 Å². The molecule has 0 saturated carbocycles. The first-order valence-electron chi connectivity index (χ1n) is 14.1. The minimum Gasteiger partial charge on any atom is -0.550 e. The van der Waals surface area contributed by atoms with Crippen LogP contribution in [-0.2, 0) is 16.1 Å². The van der Waals surface area contributed by atoms with E-state index in [4.69, 9.17) is 16.3 Å². The van der Waals surface area contributed by atoms with Crippen LogP contribution in [0.4, 0.5) is 5.69 Å². The molecule has 5 rings (SSSR count). The summed E-state index contributed by atoms with van der Waals surface area (Å²) in [6.07, 6.45) is 16.3. The fourth-order valence-electron chi connectivity index (χ4n) is 5.37. The molecule has 0 N–H and O–H groups in total. The van der Waals surface area contributed by atoms with Crippen LogP contribution < -0.4 is 14.6 Å². The highest BCUT2D eigenvalue weighted by atomic mass is 35.5. The molecule has 220 valence electrons. The Hall–Kier alpha value is -2.49. The molecule has 0 fully saturated rings. The number of hydrogen-bond acceptors (Lipinski definition) is 7. The first kappa shape index (κ1) is 31.0. The first-order chi connectivity index (χ1) is 20.4. The molecule has 0 amide bonds. The maximum atomic E-state index is 11.3. The summed E-state index contributed by atoms with van der Waals surface area (Å²) in [6.45, 7) is 4.07. The van der Waals surface area contributed by atoms with Crippen molar-refractivity contribution in [3.63, 3.8) is 0 Å². The van der Waals surface area contributed by atoms with Gasteiger partial charge in [0.15, 0.2) is 6.54 Å².